The fourth-order valence-corrected chi connectivity index (χ4v) is 11.7. The van der Waals surface area contributed by atoms with E-state index in [-0.39, 0.29) is 4.90 Å². The van der Waals surface area contributed by atoms with Crippen LogP contribution in [0, 0.1) is 5.92 Å². The first kappa shape index (κ1) is 39.9. The van der Waals surface area contributed by atoms with Crippen LogP contribution in [0.15, 0.2) is 176 Å². The lowest BCUT2D eigenvalue weighted by Crippen LogP contribution is -2.38. The van der Waals surface area contributed by atoms with E-state index in [0.29, 0.717) is 31.4 Å². The van der Waals surface area contributed by atoms with Crippen molar-refractivity contribution in [2.45, 2.75) is 42.0 Å². The van der Waals surface area contributed by atoms with Gasteiger partial charge in [-0.05, 0) is 143 Å². The van der Waals surface area contributed by atoms with Crippen LogP contribution >= 0.6 is 39.0 Å². The van der Waals surface area contributed by atoms with Gasteiger partial charge in [-0.2, -0.15) is 4.57 Å². The van der Waals surface area contributed by atoms with E-state index in [2.05, 4.69) is 122 Å². The molecule has 306 valence electrons. The van der Waals surface area contributed by atoms with Crippen LogP contribution in [0.4, 0.5) is 5.69 Å². The van der Waals surface area contributed by atoms with Gasteiger partial charge < -0.3 is 18.9 Å². The van der Waals surface area contributed by atoms with Crippen molar-refractivity contribution >= 4 is 92.7 Å². The number of allylic oxidation sites excluding steroid dienone is 6. The molecule has 1 unspecified atom stereocenters. The topological polar surface area (TPSA) is 82.8 Å². The Kier molecular flexibility index (Phi) is 11.1. The molecule has 1 aromatic heterocycles. The number of nitrogens with zero attached hydrogens (tertiary/aromatic N) is 2. The molecule has 10 rings (SSSR count). The van der Waals surface area contributed by atoms with Gasteiger partial charge in [-0.15, -0.1) is 0 Å². The summed E-state index contributed by atoms with van der Waals surface area (Å²) in [6, 6.07) is 39.9. The molecule has 1 aliphatic heterocycles. The van der Waals surface area contributed by atoms with Gasteiger partial charge >= 0.3 is 0 Å². The first-order valence-electron chi connectivity index (χ1n) is 20.5. The number of halogens is 1. The van der Waals surface area contributed by atoms with Crippen LogP contribution in [0.25, 0.3) is 37.8 Å². The van der Waals surface area contributed by atoms with E-state index in [4.69, 9.17) is 9.47 Å². The standard InChI is InChI=1S/C50H41BrN2O5S3/c51-41-13-15-42(16-14-41)57-23-21-52-45-29-36-5-1-3-7-38(36)31-47(45)59-49(52)27-33-9-11-35-12-10-34(26-40(35)25-33)28-50-53(22-24-58-43-17-19-44(20-18-43)61(54,55)56)46-30-37-6-2-4-8-39(37)32-48(46)60-50/h1-8,13-20,25-32,35H,9-12,21-24H2. The van der Waals surface area contributed by atoms with Crippen molar-refractivity contribution in [3.05, 3.63) is 171 Å². The normalized spacial score (nSPS) is 17.8. The van der Waals surface area contributed by atoms with Gasteiger partial charge in [-0.1, -0.05) is 99.7 Å². The molecule has 0 saturated carbocycles. The van der Waals surface area contributed by atoms with Crippen molar-refractivity contribution in [2.75, 3.05) is 24.7 Å². The van der Waals surface area contributed by atoms with Crippen molar-refractivity contribution in [3.63, 3.8) is 0 Å². The van der Waals surface area contributed by atoms with Crippen LogP contribution < -0.4 is 18.9 Å². The second kappa shape index (κ2) is 16.9. The number of hydrogen-bond donors (Lipinski definition) is 0. The third-order valence-electron chi connectivity index (χ3n) is 11.6. The maximum atomic E-state index is 11.4. The number of thioether (sulfide) groups is 1. The van der Waals surface area contributed by atoms with Crippen LogP contribution in [0.1, 0.15) is 30.7 Å². The number of fused-ring (bicyclic) bond motifs is 5. The second-order valence-corrected chi connectivity index (χ2v) is 20.0. The number of hydrogen-bond acceptors (Lipinski definition) is 8. The Balaban J connectivity index is 0.936. The molecule has 0 N–H and O–H groups in total. The van der Waals surface area contributed by atoms with Crippen LogP contribution in [0.2, 0.25) is 0 Å². The van der Waals surface area contributed by atoms with Gasteiger partial charge in [0, 0.05) is 21.5 Å². The number of aromatic nitrogens is 1. The molecule has 61 heavy (non-hydrogen) atoms. The Morgan fingerprint density at radius 3 is 2.16 bits per heavy atom. The summed E-state index contributed by atoms with van der Waals surface area (Å²) in [6.45, 7) is 2.27. The highest BCUT2D eigenvalue weighted by Gasteiger charge is 2.29. The maximum absolute atomic E-state index is 11.4. The number of benzene rings is 6. The molecular weight excluding hydrogens is 885 g/mol. The summed E-state index contributed by atoms with van der Waals surface area (Å²) < 4.78 is 51.4. The van der Waals surface area contributed by atoms with Gasteiger partial charge in [-0.25, -0.2) is 8.42 Å². The number of anilines is 1. The Hall–Kier alpha value is -5.17. The highest BCUT2D eigenvalue weighted by molar-refractivity contribution is 9.10. The van der Waals surface area contributed by atoms with Gasteiger partial charge in [0.2, 0.25) is 5.52 Å². The maximum Gasteiger partial charge on any atom is 0.263 e. The van der Waals surface area contributed by atoms with Crippen molar-refractivity contribution < 1.29 is 27.0 Å². The zero-order chi connectivity index (χ0) is 41.5. The second-order valence-electron chi connectivity index (χ2n) is 15.6. The van der Waals surface area contributed by atoms with E-state index >= 15 is 0 Å². The minimum atomic E-state index is -4.52. The Morgan fingerprint density at radius 1 is 0.770 bits per heavy atom. The van der Waals surface area contributed by atoms with E-state index in [1.807, 2.05) is 35.6 Å². The minimum absolute atomic E-state index is 0.267. The monoisotopic (exact) mass is 924 g/mol. The molecule has 0 bridgehead atoms. The Morgan fingerprint density at radius 2 is 1.43 bits per heavy atom. The zero-order valence-electron chi connectivity index (χ0n) is 33.1. The molecule has 7 aromatic rings. The molecule has 3 aliphatic rings. The minimum Gasteiger partial charge on any atom is -0.744 e. The van der Waals surface area contributed by atoms with Gasteiger partial charge in [-0.3, -0.25) is 0 Å². The van der Waals surface area contributed by atoms with E-state index < -0.39 is 10.1 Å². The summed E-state index contributed by atoms with van der Waals surface area (Å²) >= 11 is 7.16. The molecule has 2 aliphatic carbocycles. The zero-order valence-corrected chi connectivity index (χ0v) is 37.2. The van der Waals surface area contributed by atoms with E-state index in [9.17, 15) is 13.0 Å². The summed E-state index contributed by atoms with van der Waals surface area (Å²) in [4.78, 5) is 3.27. The highest BCUT2D eigenvalue weighted by Crippen LogP contribution is 2.49. The number of thiazole rings is 1. The molecule has 6 aromatic carbocycles. The van der Waals surface area contributed by atoms with E-state index in [1.165, 1.54) is 82.6 Å². The molecule has 11 heteroatoms. The molecule has 0 spiro atoms. The molecule has 0 saturated heterocycles. The highest BCUT2D eigenvalue weighted by atomic mass is 79.9. The first-order chi connectivity index (χ1) is 29.7. The fourth-order valence-electron chi connectivity index (χ4n) is 8.55. The quantitative estimate of drug-likeness (QED) is 0.0944. The SMILES string of the molecule is O=S(=O)([O-])c1ccc(OCCN2C(=CC3=CC4=CC(=Cc5sc6cc7ccccc7cc6[n+]5CCOc5ccc(Br)cc5)CCC4CC3)Sc3cc4ccccc4cc32)cc1. The van der Waals surface area contributed by atoms with Gasteiger partial charge in [0.25, 0.3) is 5.01 Å². The lowest BCUT2D eigenvalue weighted by molar-refractivity contribution is -0.669. The number of rotatable bonds is 11. The third kappa shape index (κ3) is 8.67. The summed E-state index contributed by atoms with van der Waals surface area (Å²) in [5.74, 6) is 1.92. The van der Waals surface area contributed by atoms with Crippen molar-refractivity contribution in [3.8, 4) is 11.5 Å². The molecule has 0 fully saturated rings. The first-order valence-corrected chi connectivity index (χ1v) is 24.3. The third-order valence-corrected chi connectivity index (χ3v) is 15.2. The van der Waals surface area contributed by atoms with Crippen LogP contribution in [0.3, 0.4) is 0 Å². The molecular formula is C50H41BrN2O5S3. The average Bonchev–Trinajstić information content (AvgIpc) is 3.77. The predicted octanol–water partition coefficient (Wildman–Crippen LogP) is 12.2. The van der Waals surface area contributed by atoms with Gasteiger partial charge in [0.05, 0.1) is 22.2 Å². The van der Waals surface area contributed by atoms with Crippen molar-refractivity contribution in [1.29, 1.82) is 0 Å². The largest absolute Gasteiger partial charge is 0.744 e. The van der Waals surface area contributed by atoms with Crippen molar-refractivity contribution in [1.82, 2.24) is 0 Å². The fraction of sp³-hybridized carbons (Fsp3) is 0.180. The van der Waals surface area contributed by atoms with Gasteiger partial charge in [0.15, 0.2) is 6.54 Å². The smallest absolute Gasteiger partial charge is 0.263 e. The Labute approximate surface area is 372 Å². The van der Waals surface area contributed by atoms with E-state index in [1.54, 1.807) is 11.8 Å². The number of ether oxygens (including phenoxy) is 2. The molecule has 0 amide bonds. The summed E-state index contributed by atoms with van der Waals surface area (Å²) in [5.41, 5.74) is 6.45. The summed E-state index contributed by atoms with van der Waals surface area (Å²) in [7, 11) is -4.52. The van der Waals surface area contributed by atoms with Crippen molar-refractivity contribution in [2.24, 2.45) is 5.92 Å². The summed E-state index contributed by atoms with van der Waals surface area (Å²) in [5, 5.41) is 7.26. The molecule has 1 atom stereocenters. The van der Waals surface area contributed by atoms with E-state index in [0.717, 1.165) is 53.2 Å². The summed E-state index contributed by atoms with van der Waals surface area (Å²) in [6.07, 6.45) is 13.9. The van der Waals surface area contributed by atoms with Crippen LogP contribution in [0.5, 0.6) is 11.5 Å². The lowest BCUT2D eigenvalue weighted by Gasteiger charge is -2.29. The average molecular weight is 926 g/mol. The van der Waals surface area contributed by atoms with Gasteiger partial charge in [0.1, 0.15) is 39.5 Å². The van der Waals surface area contributed by atoms with Crippen LogP contribution in [-0.2, 0) is 16.7 Å². The Bertz CT molecular complexity index is 3060. The molecule has 7 nitrogen and oxygen atoms in total. The lowest BCUT2D eigenvalue weighted by atomic mass is 9.77. The van der Waals surface area contributed by atoms with Crippen LogP contribution in [-0.4, -0.2) is 32.7 Å². The molecule has 2 heterocycles. The predicted molar refractivity (Wildman–Crippen MR) is 250 cm³/mol. The molecule has 0 radical (unpaired) electrons.